The smallest absolute Gasteiger partial charge is 0.00213 e. The topological polar surface area (TPSA) is 3.24 Å². The van der Waals surface area contributed by atoms with E-state index in [0.29, 0.717) is 0 Å². The summed E-state index contributed by atoms with van der Waals surface area (Å²) in [6.45, 7) is 19.6. The lowest BCUT2D eigenvalue weighted by Crippen LogP contribution is -2.19. The van der Waals surface area contributed by atoms with Crippen LogP contribution in [0.2, 0.25) is 0 Å². The molecule has 3 rings (SSSR count). The molecule has 1 aliphatic carbocycles. The normalized spacial score (nSPS) is 20.6. The van der Waals surface area contributed by atoms with Crippen molar-refractivity contribution in [3.8, 4) is 0 Å². The lowest BCUT2D eigenvalue weighted by Gasteiger charge is -2.30. The van der Waals surface area contributed by atoms with Gasteiger partial charge in [0.15, 0.2) is 0 Å². The summed E-state index contributed by atoms with van der Waals surface area (Å²) in [5.74, 6) is 2.82. The van der Waals surface area contributed by atoms with Crippen LogP contribution >= 0.6 is 0 Å². The number of hydrogen-bond donors (Lipinski definition) is 0. The Labute approximate surface area is 185 Å². The van der Waals surface area contributed by atoms with Crippen LogP contribution in [0, 0.1) is 17.8 Å². The zero-order valence-electron chi connectivity index (χ0n) is 21.6. The van der Waals surface area contributed by atoms with E-state index in [1.165, 1.54) is 70.0 Å². The quantitative estimate of drug-likeness (QED) is 0.485. The molecule has 1 aromatic rings. The van der Waals surface area contributed by atoms with Crippen molar-refractivity contribution in [2.24, 2.45) is 17.8 Å². The maximum Gasteiger partial charge on any atom is -0.00213 e. The van der Waals surface area contributed by atoms with E-state index < -0.39 is 0 Å². The highest BCUT2D eigenvalue weighted by Gasteiger charge is 2.23. The summed E-state index contributed by atoms with van der Waals surface area (Å²) in [6, 6.07) is 11.0. The summed E-state index contributed by atoms with van der Waals surface area (Å²) in [7, 11) is 2.17. The third-order valence-electron chi connectivity index (χ3n) is 5.53. The Balaban J connectivity index is 0. The van der Waals surface area contributed by atoms with Crippen molar-refractivity contribution >= 4 is 0 Å². The van der Waals surface area contributed by atoms with Crippen LogP contribution in [-0.2, 0) is 6.42 Å². The molecule has 2 fully saturated rings. The second-order valence-electron chi connectivity index (χ2n) is 8.43. The van der Waals surface area contributed by atoms with Crippen molar-refractivity contribution in [2.45, 2.75) is 107 Å². The van der Waals surface area contributed by atoms with Crippen molar-refractivity contribution in [1.82, 2.24) is 4.90 Å². The van der Waals surface area contributed by atoms with E-state index in [-0.39, 0.29) is 0 Å². The predicted molar refractivity (Wildman–Crippen MR) is 136 cm³/mol. The Morgan fingerprint density at radius 1 is 0.828 bits per heavy atom. The summed E-state index contributed by atoms with van der Waals surface area (Å²) in [5, 5.41) is 0. The van der Waals surface area contributed by atoms with E-state index in [0.717, 1.165) is 17.8 Å². The molecular formula is C28H55N. The fraction of sp³-hybridized carbons (Fsp3) is 0.786. The van der Waals surface area contributed by atoms with Gasteiger partial charge in [-0.1, -0.05) is 92.1 Å². The number of hydrogen-bond acceptors (Lipinski definition) is 1. The van der Waals surface area contributed by atoms with Gasteiger partial charge in [0.2, 0.25) is 0 Å². The molecule has 0 spiro atoms. The summed E-state index contributed by atoms with van der Waals surface area (Å²) in [4.78, 5) is 2.36. The van der Waals surface area contributed by atoms with Gasteiger partial charge in [0.05, 0.1) is 0 Å². The van der Waals surface area contributed by atoms with Gasteiger partial charge < -0.3 is 4.90 Å². The van der Waals surface area contributed by atoms with E-state index in [1.807, 2.05) is 27.7 Å². The van der Waals surface area contributed by atoms with Crippen LogP contribution < -0.4 is 0 Å². The first kappa shape index (κ1) is 30.4. The molecular weight excluding hydrogens is 350 g/mol. The Kier molecular flexibility index (Phi) is 22.9. The SMILES string of the molecule is CC.CC.CC(C)C1CCC(Cc2ccccc2)CC1.CCC.CN1CCCC1. The van der Waals surface area contributed by atoms with Crippen molar-refractivity contribution in [3.05, 3.63) is 35.9 Å². The molecule has 1 saturated heterocycles. The van der Waals surface area contributed by atoms with E-state index in [9.17, 15) is 0 Å². The minimum atomic E-state index is 0.887. The summed E-state index contributed by atoms with van der Waals surface area (Å²) in [5.41, 5.74) is 1.52. The first-order valence-electron chi connectivity index (χ1n) is 12.8. The van der Waals surface area contributed by atoms with Gasteiger partial charge in [0.25, 0.3) is 0 Å². The third kappa shape index (κ3) is 16.6. The van der Waals surface area contributed by atoms with E-state index in [4.69, 9.17) is 0 Å². The lowest BCUT2D eigenvalue weighted by atomic mass is 9.75. The molecule has 1 nitrogen and oxygen atoms in total. The Morgan fingerprint density at radius 3 is 1.62 bits per heavy atom. The molecule has 1 heteroatoms. The second kappa shape index (κ2) is 21.9. The Hall–Kier alpha value is -0.820. The minimum absolute atomic E-state index is 0.887. The molecule has 0 aromatic heterocycles. The number of rotatable bonds is 3. The Morgan fingerprint density at radius 2 is 1.28 bits per heavy atom. The van der Waals surface area contributed by atoms with Gasteiger partial charge >= 0.3 is 0 Å². The van der Waals surface area contributed by atoms with Crippen LogP contribution in [0.1, 0.15) is 106 Å². The zero-order chi connectivity index (χ0) is 22.5. The van der Waals surface area contributed by atoms with Crippen LogP contribution in [0.25, 0.3) is 0 Å². The predicted octanol–water partition coefficient (Wildman–Crippen LogP) is 8.87. The number of likely N-dealkylation sites (tertiary alicyclic amines) is 1. The van der Waals surface area contributed by atoms with Gasteiger partial charge in [-0.05, 0) is 88.4 Å². The molecule has 1 saturated carbocycles. The molecule has 172 valence electrons. The van der Waals surface area contributed by atoms with Gasteiger partial charge in [-0.2, -0.15) is 0 Å². The zero-order valence-corrected chi connectivity index (χ0v) is 21.6. The maximum atomic E-state index is 2.38. The average molecular weight is 406 g/mol. The minimum Gasteiger partial charge on any atom is -0.306 e. The molecule has 1 aromatic carbocycles. The van der Waals surface area contributed by atoms with Gasteiger partial charge in [0, 0.05) is 0 Å². The van der Waals surface area contributed by atoms with Gasteiger partial charge in [-0.3, -0.25) is 0 Å². The molecule has 0 unspecified atom stereocenters. The van der Waals surface area contributed by atoms with E-state index in [2.05, 4.69) is 70.0 Å². The van der Waals surface area contributed by atoms with Crippen LogP contribution in [0.5, 0.6) is 0 Å². The summed E-state index contributed by atoms with van der Waals surface area (Å²) < 4.78 is 0. The fourth-order valence-corrected chi connectivity index (χ4v) is 3.88. The highest BCUT2D eigenvalue weighted by Crippen LogP contribution is 2.34. The lowest BCUT2D eigenvalue weighted by molar-refractivity contribution is 0.223. The highest BCUT2D eigenvalue weighted by molar-refractivity contribution is 5.15. The maximum absolute atomic E-state index is 2.38. The highest BCUT2D eigenvalue weighted by atomic mass is 15.1. The van der Waals surface area contributed by atoms with Crippen molar-refractivity contribution in [3.63, 3.8) is 0 Å². The molecule has 1 aliphatic heterocycles. The molecule has 0 N–H and O–H groups in total. The molecule has 29 heavy (non-hydrogen) atoms. The second-order valence-corrected chi connectivity index (χ2v) is 8.43. The first-order chi connectivity index (χ1) is 14.1. The fourth-order valence-electron chi connectivity index (χ4n) is 3.88. The average Bonchev–Trinajstić information content (AvgIpc) is 3.24. The van der Waals surface area contributed by atoms with Crippen LogP contribution in [0.4, 0.5) is 0 Å². The van der Waals surface area contributed by atoms with E-state index >= 15 is 0 Å². The summed E-state index contributed by atoms with van der Waals surface area (Å²) in [6.07, 6.45) is 11.2. The molecule has 2 aliphatic rings. The first-order valence-corrected chi connectivity index (χ1v) is 12.8. The van der Waals surface area contributed by atoms with Crippen molar-refractivity contribution in [1.29, 1.82) is 0 Å². The van der Waals surface area contributed by atoms with Gasteiger partial charge in [-0.25, -0.2) is 0 Å². The summed E-state index contributed by atoms with van der Waals surface area (Å²) >= 11 is 0. The Bertz CT molecular complexity index is 398. The largest absolute Gasteiger partial charge is 0.306 e. The van der Waals surface area contributed by atoms with Crippen molar-refractivity contribution in [2.75, 3.05) is 20.1 Å². The number of benzene rings is 1. The molecule has 1 heterocycles. The van der Waals surface area contributed by atoms with Gasteiger partial charge in [-0.15, -0.1) is 0 Å². The van der Waals surface area contributed by atoms with Crippen LogP contribution in [0.3, 0.4) is 0 Å². The third-order valence-corrected chi connectivity index (χ3v) is 5.53. The van der Waals surface area contributed by atoms with E-state index in [1.54, 1.807) is 0 Å². The molecule has 0 amide bonds. The standard InChI is InChI=1S/C16H24.C5H11N.C3H8.2C2H6/c1-13(2)16-10-8-15(9-11-16)12-14-6-4-3-5-7-14;1-6-4-2-3-5-6;1-3-2;2*1-2/h3-7,13,15-16H,8-12H2,1-2H3;2-5H2,1H3;3H2,1-2H3;2*1-2H3. The van der Waals surface area contributed by atoms with Gasteiger partial charge in [0.1, 0.15) is 0 Å². The van der Waals surface area contributed by atoms with Crippen molar-refractivity contribution < 1.29 is 0 Å². The molecule has 0 radical (unpaired) electrons. The van der Waals surface area contributed by atoms with Crippen LogP contribution in [-0.4, -0.2) is 25.0 Å². The monoisotopic (exact) mass is 405 g/mol. The number of nitrogens with zero attached hydrogens (tertiary/aromatic N) is 1. The molecule has 0 bridgehead atoms. The molecule has 0 atom stereocenters. The van der Waals surface area contributed by atoms with Crippen LogP contribution in [0.15, 0.2) is 30.3 Å².